The second-order valence-corrected chi connectivity index (χ2v) is 5.24. The van der Waals surface area contributed by atoms with Crippen molar-refractivity contribution in [3.8, 4) is 0 Å². The molecule has 0 saturated heterocycles. The molecule has 0 bridgehead atoms. The van der Waals surface area contributed by atoms with Gasteiger partial charge in [-0.1, -0.05) is 12.1 Å². The third kappa shape index (κ3) is 4.01. The van der Waals surface area contributed by atoms with Gasteiger partial charge in [0, 0.05) is 11.1 Å². The number of benzene rings is 1. The first-order valence-electron chi connectivity index (χ1n) is 6.48. The molecule has 1 aromatic carbocycles. The lowest BCUT2D eigenvalue weighted by molar-refractivity contribution is 0.0524. The predicted octanol–water partition coefficient (Wildman–Crippen LogP) is 3.39. The highest BCUT2D eigenvalue weighted by Crippen LogP contribution is 2.24. The Labute approximate surface area is 126 Å². The van der Waals surface area contributed by atoms with E-state index in [4.69, 9.17) is 4.74 Å². The lowest BCUT2D eigenvalue weighted by Crippen LogP contribution is -2.10. The molecule has 0 N–H and O–H groups in total. The van der Waals surface area contributed by atoms with Gasteiger partial charge in [0.05, 0.1) is 23.6 Å². The summed E-state index contributed by atoms with van der Waals surface area (Å²) in [6.45, 7) is 3.78. The molecule has 110 valence electrons. The Morgan fingerprint density at radius 2 is 2.14 bits per heavy atom. The molecule has 0 amide bonds. The first-order chi connectivity index (χ1) is 10.1. The van der Waals surface area contributed by atoms with Crippen LogP contribution in [0.15, 0.2) is 35.4 Å². The number of aryl methyl sites for hydroxylation is 1. The second kappa shape index (κ2) is 7.17. The Kier molecular flexibility index (Phi) is 5.27. The normalized spacial score (nSPS) is 10.4. The van der Waals surface area contributed by atoms with Crippen LogP contribution in [-0.4, -0.2) is 22.5 Å². The molecule has 1 heterocycles. The monoisotopic (exact) mass is 306 g/mol. The van der Waals surface area contributed by atoms with Crippen molar-refractivity contribution >= 4 is 17.7 Å². The lowest BCUT2D eigenvalue weighted by atomic mass is 10.2. The van der Waals surface area contributed by atoms with Crippen LogP contribution >= 0.6 is 11.8 Å². The predicted molar refractivity (Wildman–Crippen MR) is 78.7 cm³/mol. The molecule has 1 aromatic heterocycles. The number of hydrogen-bond acceptors (Lipinski definition) is 5. The minimum Gasteiger partial charge on any atom is -0.462 e. The van der Waals surface area contributed by atoms with Crippen LogP contribution in [0.4, 0.5) is 4.39 Å². The van der Waals surface area contributed by atoms with E-state index in [9.17, 15) is 9.18 Å². The summed E-state index contributed by atoms with van der Waals surface area (Å²) >= 11 is 1.32. The van der Waals surface area contributed by atoms with Gasteiger partial charge in [-0.25, -0.2) is 19.2 Å². The molecule has 0 radical (unpaired) electrons. The molecular formula is C15H15FN2O2S. The first-order valence-corrected chi connectivity index (χ1v) is 7.47. The molecule has 2 rings (SSSR count). The Morgan fingerprint density at radius 3 is 2.81 bits per heavy atom. The SMILES string of the molecule is CCOC(=O)c1cnc(CSc2ccccc2F)nc1C. The molecule has 0 atom stereocenters. The van der Waals surface area contributed by atoms with Crippen LogP contribution in [0.25, 0.3) is 0 Å². The number of carbonyl (C=O) groups excluding carboxylic acids is 1. The molecule has 2 aromatic rings. The van der Waals surface area contributed by atoms with E-state index in [2.05, 4.69) is 9.97 Å². The van der Waals surface area contributed by atoms with E-state index < -0.39 is 5.97 Å². The molecule has 0 saturated carbocycles. The zero-order valence-corrected chi connectivity index (χ0v) is 12.6. The Bertz CT molecular complexity index is 649. The molecule has 21 heavy (non-hydrogen) atoms. The number of thioether (sulfide) groups is 1. The van der Waals surface area contributed by atoms with Crippen LogP contribution in [0.5, 0.6) is 0 Å². The van der Waals surface area contributed by atoms with E-state index >= 15 is 0 Å². The summed E-state index contributed by atoms with van der Waals surface area (Å²) in [5.74, 6) is 0.296. The number of hydrogen-bond donors (Lipinski definition) is 0. The highest BCUT2D eigenvalue weighted by Gasteiger charge is 2.13. The Morgan fingerprint density at radius 1 is 1.38 bits per heavy atom. The molecule has 0 aliphatic rings. The first kappa shape index (κ1) is 15.4. The van der Waals surface area contributed by atoms with Crippen molar-refractivity contribution in [1.29, 1.82) is 0 Å². The average Bonchev–Trinajstić information content (AvgIpc) is 2.46. The fourth-order valence-electron chi connectivity index (χ4n) is 1.70. The van der Waals surface area contributed by atoms with Gasteiger partial charge < -0.3 is 4.74 Å². The summed E-state index contributed by atoms with van der Waals surface area (Å²) in [4.78, 5) is 20.6. The average molecular weight is 306 g/mol. The van der Waals surface area contributed by atoms with Crippen molar-refractivity contribution in [3.63, 3.8) is 0 Å². The van der Waals surface area contributed by atoms with Gasteiger partial charge in [0.2, 0.25) is 0 Å². The number of nitrogens with zero attached hydrogens (tertiary/aromatic N) is 2. The Balaban J connectivity index is 2.07. The van der Waals surface area contributed by atoms with Gasteiger partial charge in [0.25, 0.3) is 0 Å². The summed E-state index contributed by atoms with van der Waals surface area (Å²) < 4.78 is 18.4. The summed E-state index contributed by atoms with van der Waals surface area (Å²) in [7, 11) is 0. The maximum absolute atomic E-state index is 13.5. The van der Waals surface area contributed by atoms with Crippen LogP contribution in [0, 0.1) is 12.7 Å². The zero-order valence-electron chi connectivity index (χ0n) is 11.8. The minimum atomic E-state index is -0.427. The second-order valence-electron chi connectivity index (χ2n) is 4.22. The number of carbonyl (C=O) groups is 1. The standard InChI is InChI=1S/C15H15FN2O2S/c1-3-20-15(19)11-8-17-14(18-10(11)2)9-21-13-7-5-4-6-12(13)16/h4-8H,3,9H2,1-2H3. The van der Waals surface area contributed by atoms with E-state index in [1.807, 2.05) is 0 Å². The van der Waals surface area contributed by atoms with Crippen molar-refractivity contribution in [2.24, 2.45) is 0 Å². The van der Waals surface area contributed by atoms with E-state index in [-0.39, 0.29) is 5.82 Å². The largest absolute Gasteiger partial charge is 0.462 e. The number of ether oxygens (including phenoxy) is 1. The molecule has 0 aliphatic heterocycles. The van der Waals surface area contributed by atoms with Crippen molar-refractivity contribution in [3.05, 3.63) is 53.4 Å². The molecule has 0 spiro atoms. The molecule has 0 aliphatic carbocycles. The van der Waals surface area contributed by atoms with Crippen molar-refractivity contribution in [2.45, 2.75) is 24.5 Å². The minimum absolute atomic E-state index is 0.262. The summed E-state index contributed by atoms with van der Waals surface area (Å²) in [6, 6.07) is 6.55. The molecular weight excluding hydrogens is 291 g/mol. The van der Waals surface area contributed by atoms with Crippen LogP contribution in [0.2, 0.25) is 0 Å². The van der Waals surface area contributed by atoms with Gasteiger partial charge >= 0.3 is 5.97 Å². The number of rotatable bonds is 5. The lowest BCUT2D eigenvalue weighted by Gasteiger charge is -2.06. The summed E-state index contributed by atoms with van der Waals surface area (Å²) in [5.41, 5.74) is 0.920. The van der Waals surface area contributed by atoms with Crippen LogP contribution in [-0.2, 0) is 10.5 Å². The van der Waals surface area contributed by atoms with E-state index in [0.29, 0.717) is 34.3 Å². The van der Waals surface area contributed by atoms with Crippen molar-refractivity contribution < 1.29 is 13.9 Å². The fraction of sp³-hybridized carbons (Fsp3) is 0.267. The van der Waals surface area contributed by atoms with Gasteiger partial charge in [-0.05, 0) is 26.0 Å². The van der Waals surface area contributed by atoms with E-state index in [0.717, 1.165) is 0 Å². The summed E-state index contributed by atoms with van der Waals surface area (Å²) in [6.07, 6.45) is 1.46. The zero-order chi connectivity index (χ0) is 15.2. The molecule has 4 nitrogen and oxygen atoms in total. The number of halogens is 1. The molecule has 6 heteroatoms. The highest BCUT2D eigenvalue weighted by molar-refractivity contribution is 7.98. The molecule has 0 unspecified atom stereocenters. The van der Waals surface area contributed by atoms with Crippen molar-refractivity contribution in [1.82, 2.24) is 9.97 Å². The van der Waals surface area contributed by atoms with Gasteiger partial charge in [-0.3, -0.25) is 0 Å². The number of esters is 1. The number of aromatic nitrogens is 2. The van der Waals surface area contributed by atoms with Gasteiger partial charge in [-0.15, -0.1) is 11.8 Å². The third-order valence-corrected chi connectivity index (χ3v) is 3.76. The van der Waals surface area contributed by atoms with Crippen LogP contribution in [0.1, 0.15) is 28.8 Å². The molecule has 0 fully saturated rings. The summed E-state index contributed by atoms with van der Waals surface area (Å²) in [5, 5.41) is 0. The van der Waals surface area contributed by atoms with Gasteiger partial charge in [-0.2, -0.15) is 0 Å². The highest BCUT2D eigenvalue weighted by atomic mass is 32.2. The van der Waals surface area contributed by atoms with Crippen LogP contribution in [0.3, 0.4) is 0 Å². The maximum atomic E-state index is 13.5. The maximum Gasteiger partial charge on any atom is 0.341 e. The van der Waals surface area contributed by atoms with Crippen molar-refractivity contribution in [2.75, 3.05) is 6.61 Å². The smallest absolute Gasteiger partial charge is 0.341 e. The van der Waals surface area contributed by atoms with Crippen LogP contribution < -0.4 is 0 Å². The van der Waals surface area contributed by atoms with Gasteiger partial charge in [0.1, 0.15) is 11.6 Å². The van der Waals surface area contributed by atoms with Gasteiger partial charge in [0.15, 0.2) is 0 Å². The quantitative estimate of drug-likeness (QED) is 0.626. The van der Waals surface area contributed by atoms with E-state index in [1.165, 1.54) is 24.0 Å². The van der Waals surface area contributed by atoms with E-state index in [1.54, 1.807) is 32.0 Å². The Hall–Kier alpha value is -1.95. The fourth-order valence-corrected chi connectivity index (χ4v) is 2.50. The topological polar surface area (TPSA) is 52.1 Å². The third-order valence-electron chi connectivity index (χ3n) is 2.72.